The fourth-order valence-electron chi connectivity index (χ4n) is 2.62. The normalized spacial score (nSPS) is 10.8. The maximum absolute atomic E-state index is 12.2. The molecule has 0 saturated heterocycles. The van der Waals surface area contributed by atoms with E-state index in [1.807, 2.05) is 35.7 Å². The summed E-state index contributed by atoms with van der Waals surface area (Å²) in [7, 11) is 0. The standard InChI is InChI=1S/C20H14Cl2N4O2S/c21-13-6-7-14(15(22)10-13)16-11-29-20(23-16)24-17(27)8-9-18-25-19(26-28-18)12-4-2-1-3-5-12/h1-7,10-11H,8-9H2,(H,23,24,27). The van der Waals surface area contributed by atoms with Gasteiger partial charge in [0, 0.05) is 34.4 Å². The van der Waals surface area contributed by atoms with Crippen molar-refractivity contribution in [3.63, 3.8) is 0 Å². The van der Waals surface area contributed by atoms with Crippen LogP contribution in [0, 0.1) is 0 Å². The molecule has 146 valence electrons. The van der Waals surface area contributed by atoms with E-state index in [2.05, 4.69) is 20.4 Å². The molecule has 2 aromatic carbocycles. The third kappa shape index (κ3) is 4.82. The number of nitrogens with one attached hydrogen (secondary N) is 1. The van der Waals surface area contributed by atoms with Crippen molar-refractivity contribution >= 4 is 45.6 Å². The molecule has 0 aliphatic carbocycles. The summed E-state index contributed by atoms with van der Waals surface area (Å²) in [5.74, 6) is 0.727. The Morgan fingerprint density at radius 3 is 2.72 bits per heavy atom. The molecule has 29 heavy (non-hydrogen) atoms. The lowest BCUT2D eigenvalue weighted by atomic mass is 10.2. The predicted molar refractivity (Wildman–Crippen MR) is 114 cm³/mol. The van der Waals surface area contributed by atoms with E-state index in [4.69, 9.17) is 27.7 Å². The van der Waals surface area contributed by atoms with Gasteiger partial charge in [-0.15, -0.1) is 11.3 Å². The quantitative estimate of drug-likeness (QED) is 0.410. The maximum Gasteiger partial charge on any atom is 0.227 e. The third-order valence-electron chi connectivity index (χ3n) is 4.02. The van der Waals surface area contributed by atoms with E-state index in [0.29, 0.717) is 39.0 Å². The lowest BCUT2D eigenvalue weighted by molar-refractivity contribution is -0.116. The second-order valence-electron chi connectivity index (χ2n) is 6.09. The van der Waals surface area contributed by atoms with Crippen molar-refractivity contribution < 1.29 is 9.32 Å². The molecule has 2 heterocycles. The molecule has 0 saturated carbocycles. The van der Waals surface area contributed by atoms with Crippen LogP contribution in [0.25, 0.3) is 22.6 Å². The Bertz CT molecular complexity index is 1140. The van der Waals surface area contributed by atoms with Crippen LogP contribution in [0.4, 0.5) is 5.13 Å². The number of aromatic nitrogens is 3. The van der Waals surface area contributed by atoms with Crippen LogP contribution in [0.5, 0.6) is 0 Å². The molecule has 0 radical (unpaired) electrons. The first-order valence-corrected chi connectivity index (χ1v) is 10.3. The van der Waals surface area contributed by atoms with Crippen LogP contribution in [0.2, 0.25) is 10.0 Å². The average molecular weight is 445 g/mol. The van der Waals surface area contributed by atoms with Gasteiger partial charge < -0.3 is 9.84 Å². The number of nitrogens with zero attached hydrogens (tertiary/aromatic N) is 3. The van der Waals surface area contributed by atoms with Crippen molar-refractivity contribution in [2.45, 2.75) is 12.8 Å². The van der Waals surface area contributed by atoms with Crippen LogP contribution in [-0.2, 0) is 11.2 Å². The number of anilines is 1. The van der Waals surface area contributed by atoms with Gasteiger partial charge >= 0.3 is 0 Å². The Balaban J connectivity index is 1.35. The van der Waals surface area contributed by atoms with Crippen LogP contribution < -0.4 is 5.32 Å². The second kappa shape index (κ2) is 8.73. The average Bonchev–Trinajstić information content (AvgIpc) is 3.37. The van der Waals surface area contributed by atoms with Crippen molar-refractivity contribution in [3.8, 4) is 22.6 Å². The molecule has 0 aliphatic rings. The minimum atomic E-state index is -0.187. The smallest absolute Gasteiger partial charge is 0.227 e. The Morgan fingerprint density at radius 1 is 1.10 bits per heavy atom. The second-order valence-corrected chi connectivity index (χ2v) is 7.79. The molecular formula is C20H14Cl2N4O2S. The highest BCUT2D eigenvalue weighted by Gasteiger charge is 2.13. The number of rotatable bonds is 6. The topological polar surface area (TPSA) is 80.9 Å². The fourth-order valence-corrected chi connectivity index (χ4v) is 3.85. The van der Waals surface area contributed by atoms with Crippen molar-refractivity contribution in [2.75, 3.05) is 5.32 Å². The lowest BCUT2D eigenvalue weighted by Gasteiger charge is -2.01. The summed E-state index contributed by atoms with van der Waals surface area (Å²) in [6, 6.07) is 14.7. The molecule has 0 atom stereocenters. The van der Waals surface area contributed by atoms with Gasteiger partial charge in [-0.05, 0) is 18.2 Å². The summed E-state index contributed by atoms with van der Waals surface area (Å²) in [5.41, 5.74) is 2.30. The van der Waals surface area contributed by atoms with Crippen molar-refractivity contribution in [3.05, 3.63) is 69.8 Å². The van der Waals surface area contributed by atoms with Crippen LogP contribution in [0.3, 0.4) is 0 Å². The summed E-state index contributed by atoms with van der Waals surface area (Å²) >= 11 is 13.5. The summed E-state index contributed by atoms with van der Waals surface area (Å²) in [6.45, 7) is 0. The highest BCUT2D eigenvalue weighted by Crippen LogP contribution is 2.32. The van der Waals surface area contributed by atoms with Crippen molar-refractivity contribution in [1.29, 1.82) is 0 Å². The highest BCUT2D eigenvalue weighted by molar-refractivity contribution is 7.14. The van der Waals surface area contributed by atoms with Crippen molar-refractivity contribution in [1.82, 2.24) is 15.1 Å². The number of benzene rings is 2. The number of aryl methyl sites for hydroxylation is 1. The molecule has 6 nitrogen and oxygen atoms in total. The van der Waals surface area contributed by atoms with E-state index in [1.54, 1.807) is 18.2 Å². The summed E-state index contributed by atoms with van der Waals surface area (Å²) < 4.78 is 5.22. The number of thiazole rings is 1. The zero-order chi connectivity index (χ0) is 20.2. The number of carbonyl (C=O) groups is 1. The van der Waals surface area contributed by atoms with Gasteiger partial charge in [-0.3, -0.25) is 4.79 Å². The van der Waals surface area contributed by atoms with Crippen LogP contribution >= 0.6 is 34.5 Å². The molecule has 2 aromatic heterocycles. The summed E-state index contributed by atoms with van der Waals surface area (Å²) in [5, 5.41) is 10.1. The minimum Gasteiger partial charge on any atom is -0.339 e. The number of halogens is 2. The Hall–Kier alpha value is -2.74. The largest absolute Gasteiger partial charge is 0.339 e. The van der Waals surface area contributed by atoms with Crippen LogP contribution in [-0.4, -0.2) is 21.0 Å². The fraction of sp³-hybridized carbons (Fsp3) is 0.100. The molecule has 9 heteroatoms. The van der Waals surface area contributed by atoms with E-state index in [1.165, 1.54) is 11.3 Å². The van der Waals surface area contributed by atoms with Gasteiger partial charge in [0.1, 0.15) is 0 Å². The van der Waals surface area contributed by atoms with Gasteiger partial charge in [0.2, 0.25) is 17.6 Å². The number of hydrogen-bond donors (Lipinski definition) is 1. The third-order valence-corrected chi connectivity index (χ3v) is 5.33. The molecule has 0 spiro atoms. The number of carbonyl (C=O) groups excluding carboxylic acids is 1. The van der Waals surface area contributed by atoms with E-state index >= 15 is 0 Å². The summed E-state index contributed by atoms with van der Waals surface area (Å²) in [4.78, 5) is 21.0. The maximum atomic E-state index is 12.2. The molecule has 0 aliphatic heterocycles. The molecule has 0 bridgehead atoms. The molecule has 4 aromatic rings. The van der Waals surface area contributed by atoms with Gasteiger partial charge in [-0.2, -0.15) is 4.98 Å². The molecule has 4 rings (SSSR count). The first kappa shape index (κ1) is 19.6. The van der Waals surface area contributed by atoms with Gasteiger partial charge in [-0.1, -0.05) is 58.7 Å². The SMILES string of the molecule is O=C(CCc1nc(-c2ccccc2)no1)Nc1nc(-c2ccc(Cl)cc2Cl)cs1. The Morgan fingerprint density at radius 2 is 1.93 bits per heavy atom. The highest BCUT2D eigenvalue weighted by atomic mass is 35.5. The number of hydrogen-bond acceptors (Lipinski definition) is 6. The van der Waals surface area contributed by atoms with Crippen LogP contribution in [0.1, 0.15) is 12.3 Å². The predicted octanol–water partition coefficient (Wildman–Crippen LogP) is 5.74. The molecular weight excluding hydrogens is 431 g/mol. The number of amides is 1. The van der Waals surface area contributed by atoms with Gasteiger partial charge in [0.15, 0.2) is 5.13 Å². The van der Waals surface area contributed by atoms with E-state index in [0.717, 1.165) is 11.1 Å². The first-order valence-electron chi connectivity index (χ1n) is 8.67. The first-order chi connectivity index (χ1) is 14.1. The summed E-state index contributed by atoms with van der Waals surface area (Å²) in [6.07, 6.45) is 0.542. The molecule has 1 amide bonds. The molecule has 1 N–H and O–H groups in total. The Kier molecular flexibility index (Phi) is 5.89. The zero-order valence-corrected chi connectivity index (χ0v) is 17.3. The monoisotopic (exact) mass is 444 g/mol. The lowest BCUT2D eigenvalue weighted by Crippen LogP contribution is -2.12. The van der Waals surface area contributed by atoms with Crippen molar-refractivity contribution in [2.24, 2.45) is 0 Å². The van der Waals surface area contributed by atoms with Gasteiger partial charge in [-0.25, -0.2) is 4.98 Å². The zero-order valence-electron chi connectivity index (χ0n) is 14.9. The van der Waals surface area contributed by atoms with Gasteiger partial charge in [0.05, 0.1) is 10.7 Å². The van der Waals surface area contributed by atoms with E-state index < -0.39 is 0 Å². The van der Waals surface area contributed by atoms with Gasteiger partial charge in [0.25, 0.3) is 0 Å². The van der Waals surface area contributed by atoms with E-state index in [-0.39, 0.29) is 12.3 Å². The Labute approximate surface area is 180 Å². The van der Waals surface area contributed by atoms with Crippen LogP contribution in [0.15, 0.2) is 58.4 Å². The molecule has 0 unspecified atom stereocenters. The van der Waals surface area contributed by atoms with E-state index in [9.17, 15) is 4.79 Å². The minimum absolute atomic E-state index is 0.187. The molecule has 0 fully saturated rings.